The molecule has 0 saturated heterocycles. The van der Waals surface area contributed by atoms with Gasteiger partial charge in [-0.05, 0) is 29.4 Å². The zero-order valence-corrected chi connectivity index (χ0v) is 17.0. The minimum absolute atomic E-state index is 0.194. The van der Waals surface area contributed by atoms with Crippen LogP contribution in [0.25, 0.3) is 11.0 Å². The molecule has 2 heterocycles. The summed E-state index contributed by atoms with van der Waals surface area (Å²) in [5.41, 5.74) is 7.78. The summed E-state index contributed by atoms with van der Waals surface area (Å²) in [7, 11) is 1.42. The number of aromatic nitrogens is 3. The molecule has 9 heteroatoms. The van der Waals surface area contributed by atoms with E-state index >= 15 is 0 Å². The van der Waals surface area contributed by atoms with Gasteiger partial charge in [-0.25, -0.2) is 0 Å². The Morgan fingerprint density at radius 3 is 2.79 bits per heavy atom. The van der Waals surface area contributed by atoms with Crippen LogP contribution in [0.2, 0.25) is 0 Å². The predicted octanol–water partition coefficient (Wildman–Crippen LogP) is 3.08. The number of nitrogens with two attached hydrogens (primary N) is 1. The standard InChI is InChI=1S/C20H16N4O3S2/c1-27-16-10-13(7-8-15(16)25)9-14-17(21)24-19(22-18(14)26)29-20(23-24)28-11-12-5-3-2-4-6-12/h2-10H,11,21H2,1H3/b13-9+. The van der Waals surface area contributed by atoms with Crippen LogP contribution in [0.4, 0.5) is 5.82 Å². The van der Waals surface area contributed by atoms with Gasteiger partial charge in [0.25, 0.3) is 5.56 Å². The van der Waals surface area contributed by atoms with Crippen molar-refractivity contribution in [3.05, 3.63) is 81.4 Å². The number of rotatable bonds is 5. The van der Waals surface area contributed by atoms with E-state index in [-0.39, 0.29) is 22.9 Å². The number of fused-ring (bicyclic) bond motifs is 1. The van der Waals surface area contributed by atoms with E-state index in [9.17, 15) is 9.59 Å². The average molecular weight is 425 g/mol. The fraction of sp³-hybridized carbons (Fsp3) is 0.100. The van der Waals surface area contributed by atoms with Gasteiger partial charge >= 0.3 is 0 Å². The van der Waals surface area contributed by atoms with E-state index in [1.807, 2.05) is 30.3 Å². The third-order valence-electron chi connectivity index (χ3n) is 4.18. The number of nitrogens with zero attached hydrogens (tertiary/aromatic N) is 3. The molecule has 0 spiro atoms. The number of ether oxygens (including phenoxy) is 1. The van der Waals surface area contributed by atoms with Crippen molar-refractivity contribution in [3.63, 3.8) is 0 Å². The van der Waals surface area contributed by atoms with E-state index in [4.69, 9.17) is 10.5 Å². The molecular formula is C20H16N4O3S2. The van der Waals surface area contributed by atoms with Crippen LogP contribution in [0.3, 0.4) is 0 Å². The molecule has 1 aliphatic rings. The Labute approximate surface area is 174 Å². The second-order valence-electron chi connectivity index (χ2n) is 6.11. The second kappa shape index (κ2) is 8.06. The van der Waals surface area contributed by atoms with Crippen LogP contribution in [-0.4, -0.2) is 27.5 Å². The lowest BCUT2D eigenvalue weighted by molar-refractivity contribution is -0.114. The third kappa shape index (κ3) is 4.01. The van der Waals surface area contributed by atoms with Gasteiger partial charge in [-0.15, -0.1) is 5.10 Å². The summed E-state index contributed by atoms with van der Waals surface area (Å²) in [6.45, 7) is 0. The molecule has 2 N–H and O–H groups in total. The van der Waals surface area contributed by atoms with Crippen LogP contribution in [0.1, 0.15) is 11.1 Å². The molecule has 0 radical (unpaired) electrons. The highest BCUT2D eigenvalue weighted by Crippen LogP contribution is 2.28. The molecule has 146 valence electrons. The zero-order chi connectivity index (χ0) is 20.4. The molecule has 0 fully saturated rings. The lowest BCUT2D eigenvalue weighted by Crippen LogP contribution is -2.17. The van der Waals surface area contributed by atoms with Crippen LogP contribution in [0.15, 0.2) is 69.0 Å². The smallest absolute Gasteiger partial charge is 0.283 e. The topological polar surface area (TPSA) is 99.6 Å². The van der Waals surface area contributed by atoms with Crippen LogP contribution >= 0.6 is 23.1 Å². The number of hydrogen-bond donors (Lipinski definition) is 1. The van der Waals surface area contributed by atoms with E-state index in [0.717, 1.165) is 10.1 Å². The van der Waals surface area contributed by atoms with Crippen molar-refractivity contribution in [2.24, 2.45) is 0 Å². The van der Waals surface area contributed by atoms with Crippen molar-refractivity contribution in [2.75, 3.05) is 12.8 Å². The van der Waals surface area contributed by atoms with E-state index in [0.29, 0.717) is 10.5 Å². The first-order valence-electron chi connectivity index (χ1n) is 8.61. The Balaban J connectivity index is 1.67. The molecule has 1 aromatic carbocycles. The van der Waals surface area contributed by atoms with Gasteiger partial charge in [0.15, 0.2) is 10.1 Å². The lowest BCUT2D eigenvalue weighted by atomic mass is 10.0. The number of carbonyl (C=O) groups is 1. The summed E-state index contributed by atoms with van der Waals surface area (Å²) in [5.74, 6) is 0.918. The molecule has 3 aromatic rings. The number of benzene rings is 1. The summed E-state index contributed by atoms with van der Waals surface area (Å²) >= 11 is 2.87. The predicted molar refractivity (Wildman–Crippen MR) is 115 cm³/mol. The SMILES string of the molecule is COC1=C/C(=C/c2c(N)n3nc(SCc4ccccc4)sc3nc2=O)C=CC1=O. The average Bonchev–Trinajstić information content (AvgIpc) is 3.14. The summed E-state index contributed by atoms with van der Waals surface area (Å²) in [6.07, 6.45) is 6.11. The molecule has 1 aliphatic carbocycles. The molecular weight excluding hydrogens is 408 g/mol. The molecule has 2 aromatic heterocycles. The van der Waals surface area contributed by atoms with Crippen molar-refractivity contribution in [1.82, 2.24) is 14.6 Å². The first-order valence-corrected chi connectivity index (χ1v) is 10.4. The van der Waals surface area contributed by atoms with Gasteiger partial charge in [0.1, 0.15) is 5.82 Å². The van der Waals surface area contributed by atoms with Gasteiger partial charge in [0.05, 0.1) is 12.7 Å². The van der Waals surface area contributed by atoms with Crippen molar-refractivity contribution >= 4 is 45.7 Å². The van der Waals surface area contributed by atoms with Gasteiger partial charge in [0, 0.05) is 5.75 Å². The maximum absolute atomic E-state index is 12.5. The van der Waals surface area contributed by atoms with Gasteiger partial charge < -0.3 is 10.5 Å². The highest BCUT2D eigenvalue weighted by atomic mass is 32.2. The number of carbonyl (C=O) groups excluding carboxylic acids is 1. The van der Waals surface area contributed by atoms with Crippen molar-refractivity contribution in [2.45, 2.75) is 10.1 Å². The number of ketones is 1. The van der Waals surface area contributed by atoms with Gasteiger partial charge in [-0.2, -0.15) is 9.50 Å². The van der Waals surface area contributed by atoms with Crippen LogP contribution in [-0.2, 0) is 15.3 Å². The molecule has 0 unspecified atom stereocenters. The maximum atomic E-state index is 12.5. The Kier molecular flexibility index (Phi) is 5.32. The number of hydrogen-bond acceptors (Lipinski definition) is 8. The van der Waals surface area contributed by atoms with Gasteiger partial charge in [0.2, 0.25) is 10.7 Å². The lowest BCUT2D eigenvalue weighted by Gasteiger charge is -2.08. The third-order valence-corrected chi connectivity index (χ3v) is 6.29. The van der Waals surface area contributed by atoms with Crippen molar-refractivity contribution in [3.8, 4) is 0 Å². The molecule has 7 nitrogen and oxygen atoms in total. The Morgan fingerprint density at radius 1 is 1.24 bits per heavy atom. The van der Waals surface area contributed by atoms with Gasteiger partial charge in [-0.1, -0.05) is 59.5 Å². The van der Waals surface area contributed by atoms with E-state index in [1.54, 1.807) is 30.0 Å². The molecule has 0 amide bonds. The molecule has 0 bridgehead atoms. The zero-order valence-electron chi connectivity index (χ0n) is 15.4. The highest BCUT2D eigenvalue weighted by molar-refractivity contribution is 8.00. The summed E-state index contributed by atoms with van der Waals surface area (Å²) in [5, 5.41) is 4.50. The first-order chi connectivity index (χ1) is 14.0. The fourth-order valence-corrected chi connectivity index (χ4v) is 4.61. The monoisotopic (exact) mass is 424 g/mol. The minimum Gasteiger partial charge on any atom is -0.493 e. The molecule has 0 aliphatic heterocycles. The van der Waals surface area contributed by atoms with Crippen LogP contribution in [0.5, 0.6) is 0 Å². The second-order valence-corrected chi connectivity index (χ2v) is 8.29. The first kappa shape index (κ1) is 19.2. The van der Waals surface area contributed by atoms with E-state index in [2.05, 4.69) is 10.1 Å². The summed E-state index contributed by atoms with van der Waals surface area (Å²) in [6, 6.07) is 10.0. The maximum Gasteiger partial charge on any atom is 0.283 e. The normalized spacial score (nSPS) is 15.1. The fourth-order valence-electron chi connectivity index (χ4n) is 2.72. The van der Waals surface area contributed by atoms with Crippen LogP contribution < -0.4 is 11.3 Å². The van der Waals surface area contributed by atoms with E-state index in [1.165, 1.54) is 34.6 Å². The van der Waals surface area contributed by atoms with E-state index < -0.39 is 5.56 Å². The highest BCUT2D eigenvalue weighted by Gasteiger charge is 2.16. The summed E-state index contributed by atoms with van der Waals surface area (Å²) < 4.78 is 7.29. The largest absolute Gasteiger partial charge is 0.493 e. The Morgan fingerprint density at radius 2 is 2.03 bits per heavy atom. The summed E-state index contributed by atoms with van der Waals surface area (Å²) in [4.78, 5) is 28.7. The number of allylic oxidation sites excluding steroid dienone is 4. The quantitative estimate of drug-likeness (QED) is 0.628. The van der Waals surface area contributed by atoms with Gasteiger partial charge in [-0.3, -0.25) is 9.59 Å². The van der Waals surface area contributed by atoms with Crippen molar-refractivity contribution < 1.29 is 9.53 Å². The minimum atomic E-state index is -0.448. The number of anilines is 1. The molecule has 29 heavy (non-hydrogen) atoms. The molecule has 4 rings (SSSR count). The Hall–Kier alpha value is -3.17. The Bertz CT molecular complexity index is 1240. The van der Waals surface area contributed by atoms with Crippen molar-refractivity contribution in [1.29, 1.82) is 0 Å². The number of methoxy groups -OCH3 is 1. The number of nitrogen functional groups attached to an aromatic ring is 1. The number of thioether (sulfide) groups is 1. The molecule has 0 atom stereocenters. The van der Waals surface area contributed by atoms with Crippen LogP contribution in [0, 0.1) is 0 Å². The molecule has 0 saturated carbocycles.